The predicted octanol–water partition coefficient (Wildman–Crippen LogP) is 3.44. The smallest absolute Gasteiger partial charge is 0.0538 e. The van der Waals surface area contributed by atoms with Crippen molar-refractivity contribution in [2.24, 2.45) is 5.41 Å². The molecule has 0 N–H and O–H groups in total. The Morgan fingerprint density at radius 2 is 1.54 bits per heavy atom. The van der Waals surface area contributed by atoms with Crippen molar-refractivity contribution in [3.63, 3.8) is 0 Å². The summed E-state index contributed by atoms with van der Waals surface area (Å²) < 4.78 is 0. The Morgan fingerprint density at radius 1 is 1.15 bits per heavy atom. The standard InChI is InChI=1S/C12H23N/c1-9(2)11(12(5,6)7)13(8)10(3)4/h11H,1,3H2,2,4-8H3. The van der Waals surface area contributed by atoms with Crippen molar-refractivity contribution in [2.45, 2.75) is 40.7 Å². The van der Waals surface area contributed by atoms with E-state index in [0.717, 1.165) is 5.70 Å². The third kappa shape index (κ3) is 3.25. The van der Waals surface area contributed by atoms with Crippen LogP contribution in [0.25, 0.3) is 0 Å². The van der Waals surface area contributed by atoms with Crippen molar-refractivity contribution in [1.29, 1.82) is 0 Å². The summed E-state index contributed by atoms with van der Waals surface area (Å²) in [5.74, 6) is 0. The Balaban J connectivity index is 4.83. The van der Waals surface area contributed by atoms with E-state index in [9.17, 15) is 0 Å². The van der Waals surface area contributed by atoms with Gasteiger partial charge in [-0.05, 0) is 19.3 Å². The number of hydrogen-bond donors (Lipinski definition) is 0. The average molecular weight is 181 g/mol. The highest BCUT2D eigenvalue weighted by molar-refractivity contribution is 5.11. The van der Waals surface area contributed by atoms with Gasteiger partial charge in [-0.15, -0.1) is 0 Å². The molecule has 0 spiro atoms. The van der Waals surface area contributed by atoms with Gasteiger partial charge in [-0.25, -0.2) is 0 Å². The number of hydrogen-bond acceptors (Lipinski definition) is 1. The van der Waals surface area contributed by atoms with Crippen LogP contribution in [0.4, 0.5) is 0 Å². The van der Waals surface area contributed by atoms with E-state index in [1.807, 2.05) is 6.92 Å². The molecule has 0 rings (SSSR count). The molecule has 1 atom stereocenters. The Kier molecular flexibility index (Phi) is 3.77. The highest BCUT2D eigenvalue weighted by Crippen LogP contribution is 2.29. The molecule has 1 unspecified atom stereocenters. The van der Waals surface area contributed by atoms with E-state index in [1.54, 1.807) is 0 Å². The second-order valence-electron chi connectivity index (χ2n) is 4.96. The average Bonchev–Trinajstić information content (AvgIpc) is 1.82. The van der Waals surface area contributed by atoms with Gasteiger partial charge in [-0.2, -0.15) is 0 Å². The maximum atomic E-state index is 4.04. The molecule has 0 aliphatic rings. The topological polar surface area (TPSA) is 3.24 Å². The molecule has 0 radical (unpaired) electrons. The van der Waals surface area contributed by atoms with Crippen molar-refractivity contribution >= 4 is 0 Å². The van der Waals surface area contributed by atoms with Crippen molar-refractivity contribution in [3.05, 3.63) is 24.4 Å². The van der Waals surface area contributed by atoms with Gasteiger partial charge >= 0.3 is 0 Å². The van der Waals surface area contributed by atoms with Crippen LogP contribution in [-0.4, -0.2) is 18.0 Å². The van der Waals surface area contributed by atoms with Crippen LogP contribution in [0.5, 0.6) is 0 Å². The first-order valence-electron chi connectivity index (χ1n) is 4.71. The summed E-state index contributed by atoms with van der Waals surface area (Å²) in [6, 6.07) is 0.366. The van der Waals surface area contributed by atoms with Crippen molar-refractivity contribution in [2.75, 3.05) is 7.05 Å². The van der Waals surface area contributed by atoms with Crippen LogP contribution in [0.15, 0.2) is 24.4 Å². The third-order valence-corrected chi connectivity index (χ3v) is 2.28. The summed E-state index contributed by atoms with van der Waals surface area (Å²) in [5.41, 5.74) is 2.49. The summed E-state index contributed by atoms with van der Waals surface area (Å²) in [6.45, 7) is 18.8. The summed E-state index contributed by atoms with van der Waals surface area (Å²) in [6.07, 6.45) is 0. The van der Waals surface area contributed by atoms with Gasteiger partial charge in [-0.3, -0.25) is 0 Å². The van der Waals surface area contributed by atoms with Crippen LogP contribution in [0, 0.1) is 5.41 Å². The van der Waals surface area contributed by atoms with Gasteiger partial charge in [0.25, 0.3) is 0 Å². The van der Waals surface area contributed by atoms with E-state index in [2.05, 4.69) is 52.8 Å². The van der Waals surface area contributed by atoms with Gasteiger partial charge in [0.15, 0.2) is 0 Å². The highest BCUT2D eigenvalue weighted by Gasteiger charge is 2.28. The van der Waals surface area contributed by atoms with Crippen LogP contribution in [0.1, 0.15) is 34.6 Å². The lowest BCUT2D eigenvalue weighted by molar-refractivity contribution is 0.191. The first-order chi connectivity index (χ1) is 5.68. The van der Waals surface area contributed by atoms with Gasteiger partial charge < -0.3 is 4.90 Å². The highest BCUT2D eigenvalue weighted by atomic mass is 15.1. The zero-order valence-electron chi connectivity index (χ0n) is 9.94. The Morgan fingerprint density at radius 3 is 1.62 bits per heavy atom. The lowest BCUT2D eigenvalue weighted by atomic mass is 9.82. The normalized spacial score (nSPS) is 13.7. The molecule has 0 saturated carbocycles. The molecule has 0 aliphatic carbocycles. The van der Waals surface area contributed by atoms with Gasteiger partial charge in [0, 0.05) is 12.7 Å². The third-order valence-electron chi connectivity index (χ3n) is 2.28. The lowest BCUT2D eigenvalue weighted by Gasteiger charge is -2.40. The quantitative estimate of drug-likeness (QED) is 0.603. The van der Waals surface area contributed by atoms with Gasteiger partial charge in [0.1, 0.15) is 0 Å². The minimum absolute atomic E-state index is 0.208. The minimum Gasteiger partial charge on any atom is -0.371 e. The molecule has 13 heavy (non-hydrogen) atoms. The zero-order valence-corrected chi connectivity index (χ0v) is 9.94. The molecule has 0 heterocycles. The largest absolute Gasteiger partial charge is 0.371 e. The first-order valence-corrected chi connectivity index (χ1v) is 4.71. The van der Waals surface area contributed by atoms with Crippen LogP contribution in [0.2, 0.25) is 0 Å². The zero-order chi connectivity index (χ0) is 10.8. The van der Waals surface area contributed by atoms with Crippen LogP contribution >= 0.6 is 0 Å². The molecule has 1 nitrogen and oxygen atoms in total. The van der Waals surface area contributed by atoms with E-state index < -0.39 is 0 Å². The maximum absolute atomic E-state index is 4.04. The van der Waals surface area contributed by atoms with Crippen molar-refractivity contribution < 1.29 is 0 Å². The van der Waals surface area contributed by atoms with E-state index in [-0.39, 0.29) is 5.41 Å². The van der Waals surface area contributed by atoms with E-state index in [4.69, 9.17) is 0 Å². The Labute approximate surface area is 83.1 Å². The van der Waals surface area contributed by atoms with Crippen molar-refractivity contribution in [1.82, 2.24) is 4.90 Å². The monoisotopic (exact) mass is 181 g/mol. The lowest BCUT2D eigenvalue weighted by Crippen LogP contribution is -2.41. The minimum atomic E-state index is 0.208. The van der Waals surface area contributed by atoms with Crippen LogP contribution < -0.4 is 0 Å². The van der Waals surface area contributed by atoms with Gasteiger partial charge in [0.2, 0.25) is 0 Å². The molecule has 0 amide bonds. The molecule has 0 aromatic heterocycles. The first kappa shape index (κ1) is 12.3. The van der Waals surface area contributed by atoms with E-state index in [1.165, 1.54) is 5.57 Å². The summed E-state index contributed by atoms with van der Waals surface area (Å²) in [4.78, 5) is 2.20. The Hall–Kier alpha value is -0.720. The van der Waals surface area contributed by atoms with Gasteiger partial charge in [-0.1, -0.05) is 39.5 Å². The summed E-state index contributed by atoms with van der Waals surface area (Å²) in [7, 11) is 2.08. The molecule has 0 aromatic carbocycles. The van der Waals surface area contributed by atoms with Gasteiger partial charge in [0.05, 0.1) is 6.04 Å². The fourth-order valence-electron chi connectivity index (χ4n) is 1.87. The van der Waals surface area contributed by atoms with Crippen molar-refractivity contribution in [3.8, 4) is 0 Å². The molecular formula is C12H23N. The van der Waals surface area contributed by atoms with Crippen LogP contribution in [0.3, 0.4) is 0 Å². The second kappa shape index (κ2) is 3.99. The maximum Gasteiger partial charge on any atom is 0.0538 e. The summed E-state index contributed by atoms with van der Waals surface area (Å²) in [5, 5.41) is 0. The molecular weight excluding hydrogens is 158 g/mol. The number of rotatable bonds is 3. The summed E-state index contributed by atoms with van der Waals surface area (Å²) >= 11 is 0. The fraction of sp³-hybridized carbons (Fsp3) is 0.667. The molecule has 1 heteroatoms. The van der Waals surface area contributed by atoms with Crippen LogP contribution in [-0.2, 0) is 0 Å². The molecule has 0 aromatic rings. The SMILES string of the molecule is C=C(C)C(N(C)C(=C)C)C(C)(C)C. The molecule has 0 bridgehead atoms. The van der Waals surface area contributed by atoms with E-state index >= 15 is 0 Å². The molecule has 0 fully saturated rings. The Bertz CT molecular complexity index is 208. The molecule has 0 saturated heterocycles. The predicted molar refractivity (Wildman–Crippen MR) is 60.6 cm³/mol. The number of likely N-dealkylation sites (N-methyl/N-ethyl adjacent to an activating group) is 1. The molecule has 0 aliphatic heterocycles. The fourth-order valence-corrected chi connectivity index (χ4v) is 1.87. The molecule has 76 valence electrons. The number of allylic oxidation sites excluding steroid dienone is 1. The number of nitrogens with zero attached hydrogens (tertiary/aromatic N) is 1. The van der Waals surface area contributed by atoms with E-state index in [0.29, 0.717) is 6.04 Å². The second-order valence-corrected chi connectivity index (χ2v) is 4.96.